The smallest absolute Gasteiger partial charge is 0.332 e. The fourth-order valence-corrected chi connectivity index (χ4v) is 4.82. The van der Waals surface area contributed by atoms with Gasteiger partial charge in [-0.1, -0.05) is 0 Å². The van der Waals surface area contributed by atoms with Gasteiger partial charge in [0.25, 0.3) is 0 Å². The number of nitriles is 1. The highest BCUT2D eigenvalue weighted by atomic mass is 79.9. The minimum absolute atomic E-state index is 0.127. The van der Waals surface area contributed by atoms with Gasteiger partial charge in [0.1, 0.15) is 23.2 Å². The summed E-state index contributed by atoms with van der Waals surface area (Å²) in [6.45, 7) is 0.127. The van der Waals surface area contributed by atoms with Gasteiger partial charge in [-0.05, 0) is 63.8 Å². The summed E-state index contributed by atoms with van der Waals surface area (Å²) in [6.07, 6.45) is 0.162. The molecular weight excluding hydrogens is 473 g/mol. The van der Waals surface area contributed by atoms with E-state index in [-0.39, 0.29) is 24.6 Å². The van der Waals surface area contributed by atoms with Gasteiger partial charge in [-0.2, -0.15) is 5.26 Å². The number of nitrogens with zero attached hydrogens (tertiary/aromatic N) is 2. The predicted octanol–water partition coefficient (Wildman–Crippen LogP) is 4.53. The van der Waals surface area contributed by atoms with Crippen LogP contribution in [-0.2, 0) is 11.2 Å². The van der Waals surface area contributed by atoms with Crippen LogP contribution in [0, 0.1) is 17.1 Å². The van der Waals surface area contributed by atoms with Crippen LogP contribution in [-0.4, -0.2) is 39.0 Å². The summed E-state index contributed by atoms with van der Waals surface area (Å²) in [6, 6.07) is 13.2. The summed E-state index contributed by atoms with van der Waals surface area (Å²) in [5, 5.41) is 20.2. The van der Waals surface area contributed by atoms with Gasteiger partial charge in [-0.15, -0.1) is 11.8 Å². The van der Waals surface area contributed by atoms with E-state index < -0.39 is 11.5 Å². The molecule has 1 unspecified atom stereocenters. The Labute approximate surface area is 183 Å². The number of thioether (sulfide) groups is 1. The Morgan fingerprint density at radius 2 is 2.20 bits per heavy atom. The molecule has 0 spiro atoms. The molecule has 0 saturated heterocycles. The zero-order valence-corrected chi connectivity index (χ0v) is 17.9. The topological polar surface area (TPSA) is 98.5 Å². The Morgan fingerprint density at radius 3 is 2.93 bits per heavy atom. The van der Waals surface area contributed by atoms with Crippen LogP contribution in [0.2, 0.25) is 0 Å². The van der Waals surface area contributed by atoms with Crippen molar-refractivity contribution in [1.29, 1.82) is 5.26 Å². The molecule has 1 aromatic heterocycles. The van der Waals surface area contributed by atoms with E-state index in [1.165, 1.54) is 23.9 Å². The number of rotatable bonds is 6. The lowest BCUT2D eigenvalue weighted by Gasteiger charge is -2.19. The largest absolute Gasteiger partial charge is 0.486 e. The number of ether oxygens (including phenoxy) is 1. The number of halogens is 2. The van der Waals surface area contributed by atoms with Crippen molar-refractivity contribution < 1.29 is 19.0 Å². The number of H-pyrrole nitrogens is 1. The fraction of sp³-hybridized carbons (Fsp3) is 0.190. The zero-order chi connectivity index (χ0) is 21.3. The van der Waals surface area contributed by atoms with Crippen molar-refractivity contribution in [1.82, 2.24) is 4.98 Å². The van der Waals surface area contributed by atoms with E-state index in [2.05, 4.69) is 25.9 Å². The molecule has 1 aliphatic heterocycles. The number of benzene rings is 2. The Balaban J connectivity index is 1.52. The van der Waals surface area contributed by atoms with Crippen molar-refractivity contribution in [2.45, 2.75) is 12.0 Å². The van der Waals surface area contributed by atoms with Gasteiger partial charge in [0.2, 0.25) is 0 Å². The standard InChI is InChI=1S/C21H15BrFN3O3S/c22-16-5-12(9-24)1-4-18(16)29-10-19-26-21(11-30-19,20(27)28)8-15-6-13-2-3-14(23)7-17(13)25-15/h1-7,25H,8,10-11H2,(H,27,28). The molecule has 1 aliphatic rings. The molecule has 0 aliphatic carbocycles. The van der Waals surface area contributed by atoms with Gasteiger partial charge < -0.3 is 14.8 Å². The van der Waals surface area contributed by atoms with Gasteiger partial charge >= 0.3 is 5.97 Å². The van der Waals surface area contributed by atoms with E-state index in [0.29, 0.717) is 32.0 Å². The molecule has 2 aromatic carbocycles. The first-order chi connectivity index (χ1) is 14.4. The highest BCUT2D eigenvalue weighted by Crippen LogP contribution is 2.33. The van der Waals surface area contributed by atoms with Crippen molar-refractivity contribution >= 4 is 49.6 Å². The van der Waals surface area contributed by atoms with E-state index in [9.17, 15) is 14.3 Å². The second kappa shape index (κ2) is 8.13. The third-order valence-corrected chi connectivity index (χ3v) is 6.53. The number of aromatic nitrogens is 1. The quantitative estimate of drug-likeness (QED) is 0.531. The van der Waals surface area contributed by atoms with Crippen LogP contribution in [0.1, 0.15) is 11.3 Å². The van der Waals surface area contributed by atoms with Crippen molar-refractivity contribution in [3.05, 3.63) is 64.0 Å². The van der Waals surface area contributed by atoms with Crippen LogP contribution >= 0.6 is 27.7 Å². The number of fused-ring (bicyclic) bond motifs is 1. The molecule has 2 N–H and O–H groups in total. The van der Waals surface area contributed by atoms with Gasteiger partial charge in [0.15, 0.2) is 5.54 Å². The number of hydrogen-bond donors (Lipinski definition) is 2. The maximum Gasteiger partial charge on any atom is 0.332 e. The van der Waals surface area contributed by atoms with Gasteiger partial charge in [-0.25, -0.2) is 9.18 Å². The predicted molar refractivity (Wildman–Crippen MR) is 117 cm³/mol. The number of carboxylic acid groups (broad SMARTS) is 1. The molecule has 6 nitrogen and oxygen atoms in total. The molecule has 30 heavy (non-hydrogen) atoms. The highest BCUT2D eigenvalue weighted by molar-refractivity contribution is 9.10. The summed E-state index contributed by atoms with van der Waals surface area (Å²) in [5.74, 6) is -0.553. The second-order valence-corrected chi connectivity index (χ2v) is 8.78. The number of carbonyl (C=O) groups is 1. The van der Waals surface area contributed by atoms with E-state index in [1.54, 1.807) is 24.3 Å². The lowest BCUT2D eigenvalue weighted by molar-refractivity contribution is -0.142. The number of aliphatic imine (C=N–C) groups is 1. The average molecular weight is 488 g/mol. The van der Waals surface area contributed by atoms with Crippen molar-refractivity contribution in [3.63, 3.8) is 0 Å². The minimum atomic E-state index is -1.31. The number of aromatic amines is 1. The van der Waals surface area contributed by atoms with E-state index >= 15 is 0 Å². The third-order valence-electron chi connectivity index (χ3n) is 4.75. The summed E-state index contributed by atoms with van der Waals surface area (Å²) in [5.41, 5.74) is 0.490. The second-order valence-electron chi connectivity index (χ2n) is 6.88. The molecule has 0 fully saturated rings. The summed E-state index contributed by atoms with van der Waals surface area (Å²) in [7, 11) is 0. The van der Waals surface area contributed by atoms with Crippen molar-refractivity contribution in [2.75, 3.05) is 12.4 Å². The summed E-state index contributed by atoms with van der Waals surface area (Å²) in [4.78, 5) is 19.6. The molecule has 1 atom stereocenters. The molecular formula is C21H15BrFN3O3S. The molecule has 2 heterocycles. The molecule has 0 radical (unpaired) electrons. The molecule has 4 rings (SSSR count). The van der Waals surface area contributed by atoms with Crippen molar-refractivity contribution in [3.8, 4) is 11.8 Å². The average Bonchev–Trinajstić information content (AvgIpc) is 3.31. The van der Waals surface area contributed by atoms with Crippen LogP contribution in [0.25, 0.3) is 10.9 Å². The van der Waals surface area contributed by atoms with Crippen molar-refractivity contribution in [2.24, 2.45) is 4.99 Å². The van der Waals surface area contributed by atoms with Gasteiger partial charge in [0.05, 0.1) is 16.1 Å². The lowest BCUT2D eigenvalue weighted by Crippen LogP contribution is -2.39. The molecule has 3 aromatic rings. The Hall–Kier alpha value is -2.83. The highest BCUT2D eigenvalue weighted by Gasteiger charge is 2.43. The summed E-state index contributed by atoms with van der Waals surface area (Å²) >= 11 is 4.70. The third kappa shape index (κ3) is 4.06. The van der Waals surface area contributed by atoms with Crippen LogP contribution in [0.5, 0.6) is 5.75 Å². The Kier molecular flexibility index (Phi) is 5.54. The minimum Gasteiger partial charge on any atom is -0.486 e. The maximum absolute atomic E-state index is 13.4. The van der Waals surface area contributed by atoms with E-state index in [1.807, 2.05) is 12.1 Å². The molecule has 0 amide bonds. The Bertz CT molecular complexity index is 1220. The SMILES string of the molecule is N#Cc1ccc(OCC2=NC(Cc3cc4ccc(F)cc4[nH]3)(C(=O)O)CS2)c(Br)c1. The first-order valence-electron chi connectivity index (χ1n) is 8.93. The number of nitrogens with one attached hydrogen (secondary N) is 1. The number of hydrogen-bond acceptors (Lipinski definition) is 5. The molecule has 0 bridgehead atoms. The van der Waals surface area contributed by atoms with E-state index in [4.69, 9.17) is 10.00 Å². The zero-order valence-electron chi connectivity index (χ0n) is 15.5. The van der Waals surface area contributed by atoms with Crippen LogP contribution < -0.4 is 4.74 Å². The maximum atomic E-state index is 13.4. The van der Waals surface area contributed by atoms with Crippen LogP contribution in [0.4, 0.5) is 4.39 Å². The normalized spacial score (nSPS) is 18.2. The van der Waals surface area contributed by atoms with E-state index in [0.717, 1.165) is 5.39 Å². The molecule has 152 valence electrons. The number of carboxylic acids is 1. The van der Waals surface area contributed by atoms with Crippen LogP contribution in [0.15, 0.2) is 51.9 Å². The van der Waals surface area contributed by atoms with Gasteiger partial charge in [0, 0.05) is 23.4 Å². The summed E-state index contributed by atoms with van der Waals surface area (Å²) < 4.78 is 19.8. The monoisotopic (exact) mass is 487 g/mol. The Morgan fingerprint density at radius 1 is 1.37 bits per heavy atom. The molecule has 0 saturated carbocycles. The lowest BCUT2D eigenvalue weighted by atomic mass is 9.96. The van der Waals surface area contributed by atoms with Crippen LogP contribution in [0.3, 0.4) is 0 Å². The first-order valence-corrected chi connectivity index (χ1v) is 10.7. The van der Waals surface area contributed by atoms with Gasteiger partial charge in [-0.3, -0.25) is 4.99 Å². The number of aliphatic carboxylic acids is 1. The fourth-order valence-electron chi connectivity index (χ4n) is 3.25. The molecule has 9 heteroatoms. The first kappa shape index (κ1) is 20.4.